The minimum Gasteiger partial charge on any atom is -0.493 e. The lowest BCUT2D eigenvalue weighted by atomic mass is 9.77. The molecule has 30 heavy (non-hydrogen) atoms. The third-order valence-corrected chi connectivity index (χ3v) is 6.48. The zero-order valence-corrected chi connectivity index (χ0v) is 18.5. The van der Waals surface area contributed by atoms with Crippen molar-refractivity contribution >= 4 is 45.6 Å². The molecule has 4 rings (SSSR count). The molecule has 0 atom stereocenters. The standard InChI is InChI=1S/C25H25Cl2NO2/c1-2-15-30-23-12-11-22(18-7-3-4-8-19(18)23)28-24(29)25(13-5-6-14-25)20-10-9-17(26)16-21(20)27/h3-4,7-12,16H,2,5-6,13-15H2,1H3,(H,28,29). The number of ether oxygens (including phenoxy) is 1. The molecule has 0 aromatic heterocycles. The number of carbonyl (C=O) groups is 1. The maximum atomic E-state index is 13.6. The van der Waals surface area contributed by atoms with Crippen molar-refractivity contribution < 1.29 is 9.53 Å². The van der Waals surface area contributed by atoms with Crippen LogP contribution in [0.3, 0.4) is 0 Å². The van der Waals surface area contributed by atoms with E-state index >= 15 is 0 Å². The average Bonchev–Trinajstić information content (AvgIpc) is 3.24. The predicted octanol–water partition coefficient (Wildman–Crippen LogP) is 7.39. The Kier molecular flexibility index (Phi) is 6.21. The number of nitrogens with one attached hydrogen (secondary N) is 1. The Morgan fingerprint density at radius 2 is 1.77 bits per heavy atom. The van der Waals surface area contributed by atoms with Crippen molar-refractivity contribution in [3.05, 3.63) is 70.2 Å². The molecule has 0 heterocycles. The van der Waals surface area contributed by atoms with Crippen LogP contribution in [0, 0.1) is 0 Å². The Balaban J connectivity index is 1.71. The highest BCUT2D eigenvalue weighted by Crippen LogP contribution is 2.45. The summed E-state index contributed by atoms with van der Waals surface area (Å²) in [7, 11) is 0. The summed E-state index contributed by atoms with van der Waals surface area (Å²) in [6.45, 7) is 2.74. The molecule has 1 amide bonds. The molecular weight excluding hydrogens is 417 g/mol. The van der Waals surface area contributed by atoms with Gasteiger partial charge in [-0.3, -0.25) is 4.79 Å². The fourth-order valence-electron chi connectivity index (χ4n) is 4.44. The van der Waals surface area contributed by atoms with E-state index in [4.69, 9.17) is 27.9 Å². The second-order valence-electron chi connectivity index (χ2n) is 7.87. The smallest absolute Gasteiger partial charge is 0.235 e. The summed E-state index contributed by atoms with van der Waals surface area (Å²) < 4.78 is 5.90. The minimum atomic E-state index is -0.639. The number of hydrogen-bond acceptors (Lipinski definition) is 2. The number of carbonyl (C=O) groups excluding carboxylic acids is 1. The number of rotatable bonds is 6. The Morgan fingerprint density at radius 1 is 1.03 bits per heavy atom. The van der Waals surface area contributed by atoms with Gasteiger partial charge in [0.25, 0.3) is 0 Å². The van der Waals surface area contributed by atoms with Crippen molar-refractivity contribution in [3.63, 3.8) is 0 Å². The summed E-state index contributed by atoms with van der Waals surface area (Å²) in [6.07, 6.45) is 4.48. The molecule has 1 fully saturated rings. The zero-order chi connectivity index (χ0) is 21.1. The van der Waals surface area contributed by atoms with Crippen molar-refractivity contribution in [1.82, 2.24) is 0 Å². The van der Waals surface area contributed by atoms with E-state index in [1.165, 1.54) is 0 Å². The van der Waals surface area contributed by atoms with Crippen LogP contribution >= 0.6 is 23.2 Å². The number of hydrogen-bond donors (Lipinski definition) is 1. The van der Waals surface area contributed by atoms with Gasteiger partial charge in [0.15, 0.2) is 0 Å². The van der Waals surface area contributed by atoms with Crippen LogP contribution in [0.2, 0.25) is 10.0 Å². The lowest BCUT2D eigenvalue weighted by Gasteiger charge is -2.29. The first kappa shape index (κ1) is 21.0. The maximum absolute atomic E-state index is 13.6. The molecule has 156 valence electrons. The third-order valence-electron chi connectivity index (χ3n) is 5.93. The highest BCUT2D eigenvalue weighted by molar-refractivity contribution is 6.35. The van der Waals surface area contributed by atoms with E-state index in [1.54, 1.807) is 6.07 Å². The Hall–Kier alpha value is -2.23. The van der Waals surface area contributed by atoms with Gasteiger partial charge in [-0.25, -0.2) is 0 Å². The molecule has 3 aromatic carbocycles. The SMILES string of the molecule is CCCOc1ccc(NC(=O)C2(c3ccc(Cl)cc3Cl)CCCC2)c2ccccc12. The molecule has 0 radical (unpaired) electrons. The number of anilines is 1. The molecule has 1 aliphatic rings. The summed E-state index contributed by atoms with van der Waals surface area (Å²) in [5.74, 6) is 0.818. The second kappa shape index (κ2) is 8.87. The number of fused-ring (bicyclic) bond motifs is 1. The highest BCUT2D eigenvalue weighted by atomic mass is 35.5. The van der Waals surface area contributed by atoms with Crippen molar-refractivity contribution in [2.75, 3.05) is 11.9 Å². The van der Waals surface area contributed by atoms with Crippen LogP contribution < -0.4 is 10.1 Å². The molecule has 0 aliphatic heterocycles. The van der Waals surface area contributed by atoms with Crippen LogP contribution in [0.15, 0.2) is 54.6 Å². The maximum Gasteiger partial charge on any atom is 0.235 e. The molecular formula is C25H25Cl2NO2. The van der Waals surface area contributed by atoms with E-state index in [0.29, 0.717) is 16.7 Å². The first-order chi connectivity index (χ1) is 14.5. The number of halogens is 2. The van der Waals surface area contributed by atoms with Gasteiger partial charge in [-0.1, -0.05) is 73.3 Å². The van der Waals surface area contributed by atoms with Crippen molar-refractivity contribution in [1.29, 1.82) is 0 Å². The quantitative estimate of drug-likeness (QED) is 0.432. The fraction of sp³-hybridized carbons (Fsp3) is 0.320. The molecule has 1 N–H and O–H groups in total. The van der Waals surface area contributed by atoms with Gasteiger partial charge in [0.1, 0.15) is 5.75 Å². The van der Waals surface area contributed by atoms with Gasteiger partial charge >= 0.3 is 0 Å². The van der Waals surface area contributed by atoms with Crippen LogP contribution in [-0.2, 0) is 10.2 Å². The normalized spacial score (nSPS) is 15.3. The van der Waals surface area contributed by atoms with Gasteiger partial charge < -0.3 is 10.1 Å². The van der Waals surface area contributed by atoms with Crippen molar-refractivity contribution in [2.45, 2.75) is 44.4 Å². The van der Waals surface area contributed by atoms with Crippen LogP contribution in [0.25, 0.3) is 10.8 Å². The van der Waals surface area contributed by atoms with Gasteiger partial charge in [0.05, 0.1) is 12.0 Å². The van der Waals surface area contributed by atoms with E-state index in [9.17, 15) is 4.79 Å². The summed E-state index contributed by atoms with van der Waals surface area (Å²) in [4.78, 5) is 13.6. The average molecular weight is 442 g/mol. The lowest BCUT2D eigenvalue weighted by molar-refractivity contribution is -0.121. The van der Waals surface area contributed by atoms with E-state index in [-0.39, 0.29) is 5.91 Å². The molecule has 0 spiro atoms. The Labute approximate surface area is 187 Å². The Morgan fingerprint density at radius 3 is 2.47 bits per heavy atom. The van der Waals surface area contributed by atoms with E-state index in [2.05, 4.69) is 12.2 Å². The summed E-state index contributed by atoms with van der Waals surface area (Å²) >= 11 is 12.6. The van der Waals surface area contributed by atoms with Crippen molar-refractivity contribution in [3.8, 4) is 5.75 Å². The van der Waals surface area contributed by atoms with Crippen LogP contribution in [-0.4, -0.2) is 12.5 Å². The molecule has 0 unspecified atom stereocenters. The minimum absolute atomic E-state index is 0.0170. The van der Waals surface area contributed by atoms with Crippen LogP contribution in [0.1, 0.15) is 44.6 Å². The van der Waals surface area contributed by atoms with E-state index in [0.717, 1.165) is 59.9 Å². The van der Waals surface area contributed by atoms with Crippen molar-refractivity contribution in [2.24, 2.45) is 0 Å². The fourth-order valence-corrected chi connectivity index (χ4v) is 5.02. The first-order valence-corrected chi connectivity index (χ1v) is 11.2. The summed E-state index contributed by atoms with van der Waals surface area (Å²) in [6, 6.07) is 17.3. The zero-order valence-electron chi connectivity index (χ0n) is 17.0. The van der Waals surface area contributed by atoms with Gasteiger partial charge in [0.2, 0.25) is 5.91 Å². The summed E-state index contributed by atoms with van der Waals surface area (Å²) in [5.41, 5.74) is 1.01. The Bertz CT molecular complexity index is 1070. The molecule has 3 nitrogen and oxygen atoms in total. The monoisotopic (exact) mass is 441 g/mol. The van der Waals surface area contributed by atoms with Crippen LogP contribution in [0.5, 0.6) is 5.75 Å². The molecule has 1 saturated carbocycles. The van der Waals surface area contributed by atoms with Gasteiger partial charge in [-0.15, -0.1) is 0 Å². The van der Waals surface area contributed by atoms with E-state index in [1.807, 2.05) is 48.5 Å². The second-order valence-corrected chi connectivity index (χ2v) is 8.72. The molecule has 1 aliphatic carbocycles. The van der Waals surface area contributed by atoms with Gasteiger partial charge in [0, 0.05) is 26.5 Å². The lowest BCUT2D eigenvalue weighted by Crippen LogP contribution is -2.38. The largest absolute Gasteiger partial charge is 0.493 e. The molecule has 0 saturated heterocycles. The molecule has 0 bridgehead atoms. The summed E-state index contributed by atoms with van der Waals surface area (Å²) in [5, 5.41) is 6.29. The highest BCUT2D eigenvalue weighted by Gasteiger charge is 2.44. The van der Waals surface area contributed by atoms with Gasteiger partial charge in [-0.05, 0) is 49.1 Å². The van der Waals surface area contributed by atoms with Gasteiger partial charge in [-0.2, -0.15) is 0 Å². The number of benzene rings is 3. The number of amides is 1. The molecule has 5 heteroatoms. The third kappa shape index (κ3) is 3.89. The topological polar surface area (TPSA) is 38.3 Å². The molecule has 3 aromatic rings. The van der Waals surface area contributed by atoms with Crippen LogP contribution in [0.4, 0.5) is 5.69 Å². The predicted molar refractivity (Wildman–Crippen MR) is 125 cm³/mol. The first-order valence-electron chi connectivity index (χ1n) is 10.5. The van der Waals surface area contributed by atoms with E-state index < -0.39 is 5.41 Å².